The van der Waals surface area contributed by atoms with Gasteiger partial charge in [-0.1, -0.05) is 0 Å². The molecule has 2 fully saturated rings. The van der Waals surface area contributed by atoms with Crippen LogP contribution >= 0.6 is 0 Å². The molecule has 2 aliphatic rings. The maximum absolute atomic E-state index is 12.4. The second kappa shape index (κ2) is 6.42. The molecule has 0 aromatic carbocycles. The average Bonchev–Trinajstić information content (AvgIpc) is 3.17. The smallest absolute Gasteiger partial charge is 0.223 e. The van der Waals surface area contributed by atoms with E-state index in [4.69, 9.17) is 0 Å². The number of amides is 2. The SMILES string of the molecule is CC(=O)NCc1cncc(C2CCCN2C(=O)CC2CC2)n1. The summed E-state index contributed by atoms with van der Waals surface area (Å²) >= 11 is 0. The maximum atomic E-state index is 12.4. The highest BCUT2D eigenvalue weighted by atomic mass is 16.2. The lowest BCUT2D eigenvalue weighted by Gasteiger charge is -2.24. The Bertz CT molecular complexity index is 571. The lowest BCUT2D eigenvalue weighted by Crippen LogP contribution is -2.31. The summed E-state index contributed by atoms with van der Waals surface area (Å²) in [6.45, 7) is 2.67. The molecule has 1 unspecified atom stereocenters. The van der Waals surface area contributed by atoms with Gasteiger partial charge in [0.15, 0.2) is 0 Å². The Morgan fingerprint density at radius 3 is 2.86 bits per heavy atom. The van der Waals surface area contributed by atoms with Gasteiger partial charge in [0.05, 0.1) is 36.4 Å². The lowest BCUT2D eigenvalue weighted by molar-refractivity contribution is -0.132. The van der Waals surface area contributed by atoms with E-state index in [0.717, 1.165) is 30.8 Å². The molecule has 3 rings (SSSR count). The van der Waals surface area contributed by atoms with Crippen LogP contribution in [0.2, 0.25) is 0 Å². The van der Waals surface area contributed by atoms with Crippen molar-refractivity contribution >= 4 is 11.8 Å². The first kappa shape index (κ1) is 14.9. The average molecular weight is 302 g/mol. The van der Waals surface area contributed by atoms with Crippen molar-refractivity contribution in [2.75, 3.05) is 6.54 Å². The van der Waals surface area contributed by atoms with Crippen molar-refractivity contribution in [3.8, 4) is 0 Å². The summed E-state index contributed by atoms with van der Waals surface area (Å²) in [6.07, 6.45) is 8.41. The topological polar surface area (TPSA) is 75.2 Å². The van der Waals surface area contributed by atoms with Gasteiger partial charge in [-0.25, -0.2) is 0 Å². The van der Waals surface area contributed by atoms with Crippen molar-refractivity contribution in [1.29, 1.82) is 0 Å². The van der Waals surface area contributed by atoms with Crippen LogP contribution in [0.25, 0.3) is 0 Å². The van der Waals surface area contributed by atoms with Crippen molar-refractivity contribution in [1.82, 2.24) is 20.2 Å². The predicted octanol–water partition coefficient (Wildman–Crippen LogP) is 1.58. The Balaban J connectivity index is 1.69. The van der Waals surface area contributed by atoms with Gasteiger partial charge in [0.2, 0.25) is 11.8 Å². The molecule has 1 atom stereocenters. The summed E-state index contributed by atoms with van der Waals surface area (Å²) < 4.78 is 0. The van der Waals surface area contributed by atoms with Gasteiger partial charge >= 0.3 is 0 Å². The first-order valence-electron chi connectivity index (χ1n) is 7.98. The number of aromatic nitrogens is 2. The molecule has 1 N–H and O–H groups in total. The van der Waals surface area contributed by atoms with Crippen LogP contribution in [0, 0.1) is 5.92 Å². The van der Waals surface area contributed by atoms with E-state index >= 15 is 0 Å². The molecular formula is C16H22N4O2. The van der Waals surface area contributed by atoms with Crippen LogP contribution < -0.4 is 5.32 Å². The van der Waals surface area contributed by atoms with E-state index in [2.05, 4.69) is 15.3 Å². The standard InChI is InChI=1S/C16H22N4O2/c1-11(21)18-9-13-8-17-10-14(19-13)15-3-2-6-20(15)16(22)7-12-4-5-12/h8,10,12,15H,2-7,9H2,1H3,(H,18,21). The maximum Gasteiger partial charge on any atom is 0.223 e. The number of hydrogen-bond donors (Lipinski definition) is 1. The number of carbonyl (C=O) groups excluding carboxylic acids is 2. The first-order chi connectivity index (χ1) is 10.6. The van der Waals surface area contributed by atoms with Gasteiger partial charge in [-0.2, -0.15) is 0 Å². The van der Waals surface area contributed by atoms with Crippen LogP contribution in [0.15, 0.2) is 12.4 Å². The highest BCUT2D eigenvalue weighted by Crippen LogP contribution is 2.36. The van der Waals surface area contributed by atoms with Crippen LogP contribution in [0.3, 0.4) is 0 Å². The Labute approximate surface area is 130 Å². The summed E-state index contributed by atoms with van der Waals surface area (Å²) in [4.78, 5) is 34.2. The molecule has 2 amide bonds. The van der Waals surface area contributed by atoms with E-state index in [0.29, 0.717) is 18.9 Å². The van der Waals surface area contributed by atoms with E-state index in [1.165, 1.54) is 19.8 Å². The molecule has 6 nitrogen and oxygen atoms in total. The third-order valence-corrected chi connectivity index (χ3v) is 4.30. The molecule has 1 aromatic rings. The summed E-state index contributed by atoms with van der Waals surface area (Å²) in [5, 5.41) is 2.73. The minimum Gasteiger partial charge on any atom is -0.351 e. The number of rotatable bonds is 5. The molecule has 22 heavy (non-hydrogen) atoms. The van der Waals surface area contributed by atoms with E-state index in [1.54, 1.807) is 12.4 Å². The Morgan fingerprint density at radius 2 is 2.14 bits per heavy atom. The molecule has 6 heteroatoms. The van der Waals surface area contributed by atoms with Crippen molar-refractivity contribution in [3.05, 3.63) is 23.8 Å². The number of nitrogens with zero attached hydrogens (tertiary/aromatic N) is 3. The minimum atomic E-state index is -0.0886. The Kier molecular flexibility index (Phi) is 4.36. The molecular weight excluding hydrogens is 280 g/mol. The quantitative estimate of drug-likeness (QED) is 0.896. The molecule has 1 aromatic heterocycles. The van der Waals surface area contributed by atoms with E-state index in [-0.39, 0.29) is 17.9 Å². The lowest BCUT2D eigenvalue weighted by atomic mass is 10.1. The summed E-state index contributed by atoms with van der Waals surface area (Å²) in [5.74, 6) is 0.763. The van der Waals surface area contributed by atoms with Gasteiger partial charge in [-0.3, -0.25) is 19.6 Å². The molecule has 1 aliphatic heterocycles. The van der Waals surface area contributed by atoms with Crippen LogP contribution in [0.1, 0.15) is 56.5 Å². The zero-order valence-corrected chi connectivity index (χ0v) is 12.9. The van der Waals surface area contributed by atoms with Crippen molar-refractivity contribution in [3.63, 3.8) is 0 Å². The summed E-state index contributed by atoms with van der Waals surface area (Å²) in [5.41, 5.74) is 1.57. The highest BCUT2D eigenvalue weighted by molar-refractivity contribution is 5.77. The molecule has 0 spiro atoms. The first-order valence-corrected chi connectivity index (χ1v) is 7.98. The van der Waals surface area contributed by atoms with Crippen molar-refractivity contribution < 1.29 is 9.59 Å². The van der Waals surface area contributed by atoms with Crippen LogP contribution in [0.4, 0.5) is 0 Å². The number of nitrogens with one attached hydrogen (secondary N) is 1. The van der Waals surface area contributed by atoms with Crippen molar-refractivity contribution in [2.24, 2.45) is 5.92 Å². The molecule has 0 bridgehead atoms. The molecule has 1 saturated carbocycles. The van der Waals surface area contributed by atoms with Crippen molar-refractivity contribution in [2.45, 2.75) is 51.6 Å². The zero-order valence-electron chi connectivity index (χ0n) is 12.9. The number of carbonyl (C=O) groups is 2. The number of hydrogen-bond acceptors (Lipinski definition) is 4. The molecule has 1 saturated heterocycles. The second-order valence-corrected chi connectivity index (χ2v) is 6.24. The van der Waals surface area contributed by atoms with E-state index in [9.17, 15) is 9.59 Å². The minimum absolute atomic E-state index is 0.0380. The van der Waals surface area contributed by atoms with Gasteiger partial charge in [-0.05, 0) is 31.6 Å². The molecule has 118 valence electrons. The van der Waals surface area contributed by atoms with Crippen LogP contribution in [-0.2, 0) is 16.1 Å². The molecule has 2 heterocycles. The highest BCUT2D eigenvalue weighted by Gasteiger charge is 2.34. The van der Waals surface area contributed by atoms with Gasteiger partial charge in [0.25, 0.3) is 0 Å². The third kappa shape index (κ3) is 3.61. The van der Waals surface area contributed by atoms with Gasteiger partial charge < -0.3 is 10.2 Å². The monoisotopic (exact) mass is 302 g/mol. The molecule has 1 aliphatic carbocycles. The Hall–Kier alpha value is -1.98. The normalized spacial score (nSPS) is 21.0. The third-order valence-electron chi connectivity index (χ3n) is 4.30. The molecule has 0 radical (unpaired) electrons. The fourth-order valence-electron chi connectivity index (χ4n) is 2.94. The zero-order chi connectivity index (χ0) is 15.5. The van der Waals surface area contributed by atoms with E-state index < -0.39 is 0 Å². The fourth-order valence-corrected chi connectivity index (χ4v) is 2.94. The Morgan fingerprint density at radius 1 is 1.32 bits per heavy atom. The summed E-state index contributed by atoms with van der Waals surface area (Å²) in [6, 6.07) is 0.0380. The summed E-state index contributed by atoms with van der Waals surface area (Å²) in [7, 11) is 0. The van der Waals surface area contributed by atoms with Crippen LogP contribution in [-0.4, -0.2) is 33.2 Å². The van der Waals surface area contributed by atoms with Crippen LogP contribution in [0.5, 0.6) is 0 Å². The largest absolute Gasteiger partial charge is 0.351 e. The second-order valence-electron chi connectivity index (χ2n) is 6.24. The van der Waals surface area contributed by atoms with Gasteiger partial charge in [-0.15, -0.1) is 0 Å². The predicted molar refractivity (Wildman–Crippen MR) is 80.6 cm³/mol. The van der Waals surface area contributed by atoms with E-state index in [1.807, 2.05) is 4.90 Å². The fraction of sp³-hybridized carbons (Fsp3) is 0.625. The van der Waals surface area contributed by atoms with Gasteiger partial charge in [0.1, 0.15) is 0 Å². The van der Waals surface area contributed by atoms with Gasteiger partial charge in [0, 0.05) is 19.9 Å². The number of likely N-dealkylation sites (tertiary alicyclic amines) is 1.